The number of fused-ring (bicyclic) bond motifs is 5. The number of benzene rings is 3. The molecule has 0 saturated carbocycles. The molecule has 27 heavy (non-hydrogen) atoms. The van der Waals surface area contributed by atoms with Gasteiger partial charge in [-0.15, -0.1) is 10.2 Å². The molecule has 1 unspecified atom stereocenters. The average Bonchev–Trinajstić information content (AvgIpc) is 3.37. The quantitative estimate of drug-likeness (QED) is 0.427. The number of aryl methyl sites for hydroxylation is 1. The van der Waals surface area contributed by atoms with Crippen LogP contribution in [-0.4, -0.2) is 14.9 Å². The highest BCUT2D eigenvalue weighted by Gasteiger charge is 2.40. The highest BCUT2D eigenvalue weighted by molar-refractivity contribution is 8.07. The first-order valence-electron chi connectivity index (χ1n) is 9.03. The van der Waals surface area contributed by atoms with Crippen molar-refractivity contribution in [1.82, 2.24) is 14.9 Å². The van der Waals surface area contributed by atoms with Crippen molar-refractivity contribution in [3.63, 3.8) is 0 Å². The monoisotopic (exact) mass is 388 g/mol. The predicted molar refractivity (Wildman–Crippen MR) is 113 cm³/mol. The average molecular weight is 389 g/mol. The molecule has 0 amide bonds. The Morgan fingerprint density at radius 3 is 2.37 bits per heavy atom. The summed E-state index contributed by atoms with van der Waals surface area (Å²) in [6.45, 7) is 2.13. The van der Waals surface area contributed by atoms with Crippen LogP contribution in [0.2, 0.25) is 0 Å². The van der Waals surface area contributed by atoms with Crippen LogP contribution in [-0.2, 0) is 6.42 Å². The lowest BCUT2D eigenvalue weighted by molar-refractivity contribution is 0.609. The molecule has 1 aromatic heterocycles. The van der Waals surface area contributed by atoms with Crippen molar-refractivity contribution >= 4 is 45.1 Å². The van der Waals surface area contributed by atoms with E-state index in [4.69, 9.17) is 0 Å². The zero-order valence-electron chi connectivity index (χ0n) is 14.7. The van der Waals surface area contributed by atoms with Crippen molar-refractivity contribution in [3.8, 4) is 0 Å². The molecule has 4 aromatic rings. The first-order valence-corrected chi connectivity index (χ1v) is 10.8. The second-order valence-corrected chi connectivity index (χ2v) is 8.63. The number of hydrogen-bond acceptors (Lipinski definition) is 5. The number of nitrogens with zero attached hydrogens (tertiary/aromatic N) is 4. The van der Waals surface area contributed by atoms with Gasteiger partial charge in [-0.1, -0.05) is 67.2 Å². The molecule has 0 bridgehead atoms. The van der Waals surface area contributed by atoms with Crippen molar-refractivity contribution in [3.05, 3.63) is 76.4 Å². The molecule has 3 aromatic carbocycles. The number of aromatic nitrogens is 3. The summed E-state index contributed by atoms with van der Waals surface area (Å²) < 4.78 is 2.21. The Morgan fingerprint density at radius 1 is 0.963 bits per heavy atom. The Morgan fingerprint density at radius 2 is 1.67 bits per heavy atom. The van der Waals surface area contributed by atoms with Crippen LogP contribution in [0.25, 0.3) is 21.5 Å². The minimum Gasteiger partial charge on any atom is -0.252 e. The van der Waals surface area contributed by atoms with E-state index in [1.54, 1.807) is 11.8 Å². The maximum Gasteiger partial charge on any atom is 0.216 e. The zero-order chi connectivity index (χ0) is 18.0. The van der Waals surface area contributed by atoms with Gasteiger partial charge in [-0.3, -0.25) is 5.01 Å². The molecule has 6 heteroatoms. The fourth-order valence-corrected chi connectivity index (χ4v) is 6.34. The van der Waals surface area contributed by atoms with Gasteiger partial charge in [0.15, 0.2) is 5.82 Å². The Hall–Kier alpha value is -2.44. The van der Waals surface area contributed by atoms with Gasteiger partial charge in [0.05, 0.1) is 0 Å². The summed E-state index contributed by atoms with van der Waals surface area (Å²) in [6.07, 6.45) is 0.866. The van der Waals surface area contributed by atoms with Crippen molar-refractivity contribution < 1.29 is 0 Å². The molecule has 0 radical (unpaired) electrons. The highest BCUT2D eigenvalue weighted by atomic mass is 32.2. The fraction of sp³-hybridized carbons (Fsp3) is 0.143. The molecule has 132 valence electrons. The van der Waals surface area contributed by atoms with Gasteiger partial charge in [-0.25, -0.2) is 4.68 Å². The molecule has 1 atom stereocenters. The largest absolute Gasteiger partial charge is 0.252 e. The molecule has 0 spiro atoms. The van der Waals surface area contributed by atoms with Crippen LogP contribution in [0.5, 0.6) is 0 Å². The molecular weight excluding hydrogens is 372 g/mol. The van der Waals surface area contributed by atoms with Gasteiger partial charge in [0.25, 0.3) is 0 Å². The van der Waals surface area contributed by atoms with Crippen LogP contribution in [0, 0.1) is 0 Å². The van der Waals surface area contributed by atoms with Gasteiger partial charge in [0.2, 0.25) is 5.16 Å². The molecule has 2 aliphatic rings. The minimum absolute atomic E-state index is 0.172. The minimum atomic E-state index is 0.172. The van der Waals surface area contributed by atoms with Crippen molar-refractivity contribution in [1.29, 1.82) is 0 Å². The fourth-order valence-electron chi connectivity index (χ4n) is 4.02. The summed E-state index contributed by atoms with van der Waals surface area (Å²) >= 11 is 3.58. The summed E-state index contributed by atoms with van der Waals surface area (Å²) in [5.41, 5.74) is 1.36. The third-order valence-electron chi connectivity index (χ3n) is 5.21. The molecule has 3 heterocycles. The third kappa shape index (κ3) is 2.14. The van der Waals surface area contributed by atoms with Gasteiger partial charge in [-0.05, 0) is 39.4 Å². The van der Waals surface area contributed by atoms with Gasteiger partial charge in [-0.2, -0.15) is 0 Å². The standard InChI is InChI=1S/C21H16N4S2/c1-2-17-22-23-21-24(17)25-18(27-21)12-26-20(25)19-15-9-5-3-7-13(15)11-14-8-4-6-10-16(14)19/h3-12,20H,2H2,1H3. The summed E-state index contributed by atoms with van der Waals surface area (Å²) in [4.78, 5) is 0. The van der Waals surface area contributed by atoms with Gasteiger partial charge in [0.1, 0.15) is 10.4 Å². The third-order valence-corrected chi connectivity index (χ3v) is 7.36. The van der Waals surface area contributed by atoms with E-state index in [-0.39, 0.29) is 5.37 Å². The van der Waals surface area contributed by atoms with E-state index in [2.05, 4.69) is 86.8 Å². The summed E-state index contributed by atoms with van der Waals surface area (Å²) in [7, 11) is 0. The Kier molecular flexibility index (Phi) is 3.34. The van der Waals surface area contributed by atoms with Crippen LogP contribution in [0.1, 0.15) is 23.7 Å². The maximum absolute atomic E-state index is 4.39. The number of rotatable bonds is 2. The Labute approximate surface area is 165 Å². The summed E-state index contributed by atoms with van der Waals surface area (Å²) in [6, 6.07) is 19.7. The van der Waals surface area contributed by atoms with Crippen molar-refractivity contribution in [2.24, 2.45) is 0 Å². The lowest BCUT2D eigenvalue weighted by Crippen LogP contribution is -2.30. The molecule has 0 aliphatic carbocycles. The van der Waals surface area contributed by atoms with Crippen LogP contribution in [0.3, 0.4) is 0 Å². The first kappa shape index (κ1) is 15.6. The molecular formula is C21H16N4S2. The van der Waals surface area contributed by atoms with Crippen molar-refractivity contribution in [2.75, 3.05) is 5.01 Å². The van der Waals surface area contributed by atoms with E-state index < -0.39 is 0 Å². The molecule has 6 rings (SSSR count). The smallest absolute Gasteiger partial charge is 0.216 e. The predicted octanol–water partition coefficient (Wildman–Crippen LogP) is 5.44. The SMILES string of the molecule is CCc1nnc2n1N1C(=CSC1c1c3ccccc3cc3ccccc13)S2. The first-order chi connectivity index (χ1) is 13.3. The van der Waals surface area contributed by atoms with Crippen LogP contribution < -0.4 is 5.01 Å². The Balaban J connectivity index is 1.64. The molecule has 2 aliphatic heterocycles. The summed E-state index contributed by atoms with van der Waals surface area (Å²) in [5.74, 6) is 1.01. The lowest BCUT2D eigenvalue weighted by atomic mass is 9.96. The lowest BCUT2D eigenvalue weighted by Gasteiger charge is -2.28. The van der Waals surface area contributed by atoms with Crippen LogP contribution in [0.4, 0.5) is 0 Å². The molecule has 4 nitrogen and oxygen atoms in total. The normalized spacial score (nSPS) is 18.2. The van der Waals surface area contributed by atoms with E-state index in [9.17, 15) is 0 Å². The summed E-state index contributed by atoms with van der Waals surface area (Å²) in [5, 5.41) is 21.0. The van der Waals surface area contributed by atoms with Crippen LogP contribution >= 0.6 is 23.5 Å². The zero-order valence-corrected chi connectivity index (χ0v) is 16.3. The van der Waals surface area contributed by atoms with E-state index in [0.717, 1.165) is 17.4 Å². The maximum atomic E-state index is 4.39. The molecule has 0 fully saturated rings. The van der Waals surface area contributed by atoms with E-state index >= 15 is 0 Å². The van der Waals surface area contributed by atoms with Gasteiger partial charge in [0, 0.05) is 17.4 Å². The topological polar surface area (TPSA) is 34.0 Å². The second-order valence-electron chi connectivity index (χ2n) is 6.69. The molecule has 0 N–H and O–H groups in total. The van der Waals surface area contributed by atoms with Crippen LogP contribution in [0.15, 0.2) is 70.2 Å². The number of hydrogen-bond donors (Lipinski definition) is 0. The Bertz CT molecular complexity index is 1190. The van der Waals surface area contributed by atoms with E-state index in [1.165, 1.54) is 32.1 Å². The van der Waals surface area contributed by atoms with Crippen molar-refractivity contribution in [2.45, 2.75) is 23.9 Å². The van der Waals surface area contributed by atoms with Gasteiger partial charge < -0.3 is 0 Å². The molecule has 0 saturated heterocycles. The number of thioether (sulfide) groups is 2. The van der Waals surface area contributed by atoms with E-state index in [1.807, 2.05) is 11.8 Å². The van der Waals surface area contributed by atoms with Gasteiger partial charge >= 0.3 is 0 Å². The second kappa shape index (κ2) is 5.78. The van der Waals surface area contributed by atoms with E-state index in [0.29, 0.717) is 0 Å². The highest BCUT2D eigenvalue weighted by Crippen LogP contribution is 2.53.